The third kappa shape index (κ3) is 2.18. The highest BCUT2D eigenvalue weighted by molar-refractivity contribution is 5.91. The van der Waals surface area contributed by atoms with Crippen LogP contribution in [0.3, 0.4) is 0 Å². The minimum absolute atomic E-state index is 0.0914. The first-order valence-electron chi connectivity index (χ1n) is 5.38. The molecule has 18 heavy (non-hydrogen) atoms. The van der Waals surface area contributed by atoms with E-state index in [0.29, 0.717) is 22.4 Å². The van der Waals surface area contributed by atoms with Crippen molar-refractivity contribution in [1.29, 1.82) is 0 Å². The molecule has 0 saturated heterocycles. The van der Waals surface area contributed by atoms with Crippen molar-refractivity contribution in [1.82, 2.24) is 0 Å². The van der Waals surface area contributed by atoms with Gasteiger partial charge in [-0.3, -0.25) is 0 Å². The molecule has 0 aliphatic rings. The first-order chi connectivity index (χ1) is 8.49. The number of benzene rings is 2. The van der Waals surface area contributed by atoms with Gasteiger partial charge in [0.25, 0.3) is 0 Å². The zero-order chi connectivity index (χ0) is 13.3. The number of carbonyl (C=O) groups is 1. The topological polar surface area (TPSA) is 63.3 Å². The number of rotatable bonds is 2. The van der Waals surface area contributed by atoms with Gasteiger partial charge < -0.3 is 10.8 Å². The van der Waals surface area contributed by atoms with E-state index in [1.54, 1.807) is 25.1 Å². The lowest BCUT2D eigenvalue weighted by molar-refractivity contribution is 0.0697. The Morgan fingerprint density at radius 3 is 2.67 bits per heavy atom. The Labute approximate surface area is 104 Å². The second-order valence-electron chi connectivity index (χ2n) is 4.06. The normalized spacial score (nSPS) is 10.3. The summed E-state index contributed by atoms with van der Waals surface area (Å²) in [4.78, 5) is 11.0. The molecule has 0 bridgehead atoms. The van der Waals surface area contributed by atoms with Crippen molar-refractivity contribution in [3.63, 3.8) is 0 Å². The minimum Gasteiger partial charge on any atom is -0.478 e. The monoisotopic (exact) mass is 245 g/mol. The molecule has 0 unspecified atom stereocenters. The number of carboxylic acid groups (broad SMARTS) is 1. The second kappa shape index (κ2) is 4.49. The van der Waals surface area contributed by atoms with E-state index in [2.05, 4.69) is 0 Å². The number of anilines is 1. The highest BCUT2D eigenvalue weighted by Gasteiger charge is 2.10. The summed E-state index contributed by atoms with van der Waals surface area (Å²) in [5.41, 5.74) is 7.81. The van der Waals surface area contributed by atoms with E-state index in [-0.39, 0.29) is 11.4 Å². The third-order valence-corrected chi connectivity index (χ3v) is 2.78. The van der Waals surface area contributed by atoms with Crippen LogP contribution in [0.4, 0.5) is 10.1 Å². The maximum Gasteiger partial charge on any atom is 0.335 e. The molecule has 0 atom stereocenters. The summed E-state index contributed by atoms with van der Waals surface area (Å²) >= 11 is 0. The molecule has 2 rings (SSSR count). The van der Waals surface area contributed by atoms with E-state index in [1.807, 2.05) is 0 Å². The van der Waals surface area contributed by atoms with Crippen LogP contribution >= 0.6 is 0 Å². The fourth-order valence-corrected chi connectivity index (χ4v) is 1.85. The quantitative estimate of drug-likeness (QED) is 0.799. The molecule has 3 N–H and O–H groups in total. The number of nitrogen functional groups attached to an aromatic ring is 1. The first-order valence-corrected chi connectivity index (χ1v) is 5.38. The van der Waals surface area contributed by atoms with E-state index in [1.165, 1.54) is 18.2 Å². The Balaban J connectivity index is 2.64. The predicted octanol–water partition coefficient (Wildman–Crippen LogP) is 3.08. The molecular weight excluding hydrogens is 233 g/mol. The van der Waals surface area contributed by atoms with E-state index in [4.69, 9.17) is 10.8 Å². The summed E-state index contributed by atoms with van der Waals surface area (Å²) < 4.78 is 13.5. The van der Waals surface area contributed by atoms with Crippen molar-refractivity contribution in [2.24, 2.45) is 0 Å². The predicted molar refractivity (Wildman–Crippen MR) is 67.9 cm³/mol. The molecule has 0 aromatic heterocycles. The molecule has 0 amide bonds. The molecule has 0 radical (unpaired) electrons. The molecule has 0 fully saturated rings. The Bertz CT molecular complexity index is 623. The van der Waals surface area contributed by atoms with Crippen LogP contribution in [-0.2, 0) is 0 Å². The lowest BCUT2D eigenvalue weighted by atomic mass is 9.98. The van der Waals surface area contributed by atoms with Gasteiger partial charge in [0, 0.05) is 5.69 Å². The van der Waals surface area contributed by atoms with Gasteiger partial charge in [-0.1, -0.05) is 12.1 Å². The van der Waals surface area contributed by atoms with E-state index in [9.17, 15) is 9.18 Å². The molecular formula is C14H12FNO2. The SMILES string of the molecule is Cc1c(F)cccc1-c1cc(N)cc(C(=O)O)c1. The molecule has 0 heterocycles. The maximum absolute atomic E-state index is 13.5. The molecule has 0 aliphatic carbocycles. The van der Waals surface area contributed by atoms with Gasteiger partial charge in [-0.2, -0.15) is 0 Å². The van der Waals surface area contributed by atoms with Crippen molar-refractivity contribution >= 4 is 11.7 Å². The van der Waals surface area contributed by atoms with Crippen LogP contribution < -0.4 is 5.73 Å². The van der Waals surface area contributed by atoms with Gasteiger partial charge in [-0.15, -0.1) is 0 Å². The zero-order valence-electron chi connectivity index (χ0n) is 9.77. The Hall–Kier alpha value is -2.36. The fraction of sp³-hybridized carbons (Fsp3) is 0.0714. The molecule has 3 nitrogen and oxygen atoms in total. The molecule has 0 spiro atoms. The summed E-state index contributed by atoms with van der Waals surface area (Å²) in [5, 5.41) is 8.97. The second-order valence-corrected chi connectivity index (χ2v) is 4.06. The van der Waals surface area contributed by atoms with Crippen LogP contribution in [-0.4, -0.2) is 11.1 Å². The zero-order valence-corrected chi connectivity index (χ0v) is 9.77. The van der Waals surface area contributed by atoms with Crippen molar-refractivity contribution in [3.05, 3.63) is 53.3 Å². The summed E-state index contributed by atoms with van der Waals surface area (Å²) in [5.74, 6) is -1.38. The smallest absolute Gasteiger partial charge is 0.335 e. The number of hydrogen-bond donors (Lipinski definition) is 2. The summed E-state index contributed by atoms with van der Waals surface area (Å²) in [6, 6.07) is 9.18. The average molecular weight is 245 g/mol. The molecule has 0 saturated carbocycles. The molecule has 4 heteroatoms. The molecule has 92 valence electrons. The molecule has 2 aromatic carbocycles. The van der Waals surface area contributed by atoms with Gasteiger partial charge in [-0.25, -0.2) is 9.18 Å². The largest absolute Gasteiger partial charge is 0.478 e. The van der Waals surface area contributed by atoms with Gasteiger partial charge in [-0.05, 0) is 47.9 Å². The van der Waals surface area contributed by atoms with Crippen molar-refractivity contribution in [2.75, 3.05) is 5.73 Å². The Morgan fingerprint density at radius 1 is 1.28 bits per heavy atom. The van der Waals surface area contributed by atoms with Crippen LogP contribution in [0.25, 0.3) is 11.1 Å². The van der Waals surface area contributed by atoms with Gasteiger partial charge in [0.2, 0.25) is 0 Å². The Kier molecular flexibility index (Phi) is 3.02. The third-order valence-electron chi connectivity index (χ3n) is 2.78. The van der Waals surface area contributed by atoms with Crippen molar-refractivity contribution in [3.8, 4) is 11.1 Å². The van der Waals surface area contributed by atoms with Gasteiger partial charge in [0.05, 0.1) is 5.56 Å². The maximum atomic E-state index is 13.5. The van der Waals surface area contributed by atoms with Crippen LogP contribution in [0, 0.1) is 12.7 Å². The standard InChI is InChI=1S/C14H12FNO2/c1-8-12(3-2-4-13(8)15)9-5-10(14(17)18)7-11(16)6-9/h2-7H,16H2,1H3,(H,17,18). The molecule has 0 aliphatic heterocycles. The Morgan fingerprint density at radius 2 is 2.00 bits per heavy atom. The van der Waals surface area contributed by atoms with Crippen LogP contribution in [0.5, 0.6) is 0 Å². The van der Waals surface area contributed by atoms with Crippen molar-refractivity contribution in [2.45, 2.75) is 6.92 Å². The van der Waals surface area contributed by atoms with Gasteiger partial charge >= 0.3 is 5.97 Å². The van der Waals surface area contributed by atoms with Gasteiger partial charge in [0.1, 0.15) is 5.82 Å². The first kappa shape index (κ1) is 12.1. The minimum atomic E-state index is -1.06. The number of hydrogen-bond acceptors (Lipinski definition) is 2. The van der Waals surface area contributed by atoms with Crippen molar-refractivity contribution < 1.29 is 14.3 Å². The number of halogens is 1. The number of aromatic carboxylic acids is 1. The summed E-state index contributed by atoms with van der Waals surface area (Å²) in [6.07, 6.45) is 0. The fourth-order valence-electron chi connectivity index (χ4n) is 1.85. The molecule has 2 aromatic rings. The van der Waals surface area contributed by atoms with Gasteiger partial charge in [0.15, 0.2) is 0 Å². The number of carboxylic acids is 1. The summed E-state index contributed by atoms with van der Waals surface area (Å²) in [7, 11) is 0. The average Bonchev–Trinajstić information content (AvgIpc) is 2.31. The van der Waals surface area contributed by atoms with Crippen LogP contribution in [0.1, 0.15) is 15.9 Å². The highest BCUT2D eigenvalue weighted by Crippen LogP contribution is 2.27. The highest BCUT2D eigenvalue weighted by atomic mass is 19.1. The van der Waals surface area contributed by atoms with E-state index < -0.39 is 5.97 Å². The van der Waals surface area contributed by atoms with E-state index in [0.717, 1.165) is 0 Å². The van der Waals surface area contributed by atoms with Crippen LogP contribution in [0.2, 0.25) is 0 Å². The lowest BCUT2D eigenvalue weighted by Crippen LogP contribution is -1.99. The van der Waals surface area contributed by atoms with Crippen LogP contribution in [0.15, 0.2) is 36.4 Å². The lowest BCUT2D eigenvalue weighted by Gasteiger charge is -2.09. The number of nitrogens with two attached hydrogens (primary N) is 1. The summed E-state index contributed by atoms with van der Waals surface area (Å²) in [6.45, 7) is 1.65. The van der Waals surface area contributed by atoms with E-state index >= 15 is 0 Å².